The van der Waals surface area contributed by atoms with E-state index in [9.17, 15) is 9.59 Å². The van der Waals surface area contributed by atoms with Crippen LogP contribution in [0.25, 0.3) is 0 Å². The highest BCUT2D eigenvalue weighted by Crippen LogP contribution is 2.36. The summed E-state index contributed by atoms with van der Waals surface area (Å²) < 4.78 is 4.48. The third kappa shape index (κ3) is 1.53. The average molecular weight is 177 g/mol. The second kappa shape index (κ2) is 3.22. The number of esters is 1. The number of carbonyl (C=O) groups excluding carboxylic acids is 2. The van der Waals surface area contributed by atoms with Crippen molar-refractivity contribution in [1.82, 2.24) is 0 Å². The molecule has 2 unspecified atom stereocenters. The van der Waals surface area contributed by atoms with Crippen molar-refractivity contribution in [3.05, 3.63) is 0 Å². The summed E-state index contributed by atoms with van der Waals surface area (Å²) >= 11 is 5.23. The Morgan fingerprint density at radius 1 is 1.36 bits per heavy atom. The first kappa shape index (κ1) is 8.53. The van der Waals surface area contributed by atoms with Crippen LogP contribution in [-0.2, 0) is 14.3 Å². The average Bonchev–Trinajstić information content (AvgIpc) is 1.83. The van der Waals surface area contributed by atoms with Gasteiger partial charge in [0.15, 0.2) is 0 Å². The summed E-state index contributed by atoms with van der Waals surface area (Å²) in [4.78, 5) is 21.5. The largest absolute Gasteiger partial charge is 0.469 e. The molecule has 0 aromatic rings. The Balaban J connectivity index is 2.49. The van der Waals surface area contributed by atoms with Crippen LogP contribution in [0.3, 0.4) is 0 Å². The second-order valence-corrected chi connectivity index (χ2v) is 2.99. The molecule has 1 fully saturated rings. The highest BCUT2D eigenvalue weighted by Gasteiger charge is 2.41. The molecule has 1 rings (SSSR count). The maximum atomic E-state index is 10.9. The lowest BCUT2D eigenvalue weighted by Gasteiger charge is -2.30. The van der Waals surface area contributed by atoms with Crippen LogP contribution in [0.5, 0.6) is 0 Å². The second-order valence-electron chi connectivity index (χ2n) is 2.62. The van der Waals surface area contributed by atoms with Gasteiger partial charge in [-0.3, -0.25) is 9.59 Å². The van der Waals surface area contributed by atoms with Gasteiger partial charge < -0.3 is 4.74 Å². The first-order valence-electron chi connectivity index (χ1n) is 3.44. The van der Waals surface area contributed by atoms with E-state index in [2.05, 4.69) is 4.74 Å². The molecule has 4 heteroatoms. The molecular weight excluding hydrogens is 168 g/mol. The van der Waals surface area contributed by atoms with Crippen molar-refractivity contribution in [2.75, 3.05) is 7.11 Å². The highest BCUT2D eigenvalue weighted by atomic mass is 35.5. The molecule has 62 valence electrons. The number of rotatable bonds is 2. The molecule has 0 aromatic heterocycles. The Kier molecular flexibility index (Phi) is 2.49. The molecule has 0 aliphatic heterocycles. The van der Waals surface area contributed by atoms with Crippen LogP contribution in [0.15, 0.2) is 0 Å². The molecule has 0 N–H and O–H groups in total. The predicted octanol–water partition coefficient (Wildman–Crippen LogP) is 0.951. The molecule has 1 aliphatic carbocycles. The molecule has 11 heavy (non-hydrogen) atoms. The highest BCUT2D eigenvalue weighted by molar-refractivity contribution is 6.64. The smallest absolute Gasteiger partial charge is 0.309 e. The lowest BCUT2D eigenvalue weighted by Crippen LogP contribution is -2.37. The van der Waals surface area contributed by atoms with E-state index in [0.717, 1.165) is 6.42 Å². The summed E-state index contributed by atoms with van der Waals surface area (Å²) in [6.07, 6.45) is 1.43. The first-order valence-corrected chi connectivity index (χ1v) is 3.81. The summed E-state index contributed by atoms with van der Waals surface area (Å²) in [5, 5.41) is -0.424. The van der Waals surface area contributed by atoms with Gasteiger partial charge in [-0.05, 0) is 24.4 Å². The van der Waals surface area contributed by atoms with E-state index in [-0.39, 0.29) is 17.8 Å². The van der Waals surface area contributed by atoms with Crippen molar-refractivity contribution in [3.8, 4) is 0 Å². The molecule has 2 atom stereocenters. The van der Waals surface area contributed by atoms with Gasteiger partial charge in [0.25, 0.3) is 0 Å². The third-order valence-corrected chi connectivity index (χ3v) is 2.35. The SMILES string of the molecule is COC(=O)C1CCC1C(=O)Cl. The van der Waals surface area contributed by atoms with Crippen LogP contribution in [0, 0.1) is 11.8 Å². The van der Waals surface area contributed by atoms with Crippen molar-refractivity contribution in [1.29, 1.82) is 0 Å². The molecule has 0 saturated heterocycles. The summed E-state index contributed by atoms with van der Waals surface area (Å²) in [6.45, 7) is 0. The number of halogens is 1. The van der Waals surface area contributed by atoms with E-state index in [1.807, 2.05) is 0 Å². The Labute approximate surface area is 69.7 Å². The lowest BCUT2D eigenvalue weighted by atomic mass is 9.74. The van der Waals surface area contributed by atoms with E-state index in [1.165, 1.54) is 7.11 Å². The molecule has 1 saturated carbocycles. The molecule has 3 nitrogen and oxygen atoms in total. The van der Waals surface area contributed by atoms with Crippen molar-refractivity contribution < 1.29 is 14.3 Å². The number of hydrogen-bond acceptors (Lipinski definition) is 3. The van der Waals surface area contributed by atoms with E-state index in [4.69, 9.17) is 11.6 Å². The molecule has 0 amide bonds. The normalized spacial score (nSPS) is 28.9. The van der Waals surface area contributed by atoms with E-state index in [1.54, 1.807) is 0 Å². The zero-order valence-electron chi connectivity index (χ0n) is 6.17. The third-order valence-electron chi connectivity index (χ3n) is 2.07. The Morgan fingerprint density at radius 3 is 2.18 bits per heavy atom. The minimum absolute atomic E-state index is 0.287. The Morgan fingerprint density at radius 2 is 1.91 bits per heavy atom. The predicted molar refractivity (Wildman–Crippen MR) is 39.1 cm³/mol. The van der Waals surface area contributed by atoms with Gasteiger partial charge in [0.1, 0.15) is 0 Å². The summed E-state index contributed by atoms with van der Waals surface area (Å²) in [5.41, 5.74) is 0. The van der Waals surface area contributed by atoms with Crippen molar-refractivity contribution in [2.24, 2.45) is 11.8 Å². The standard InChI is InChI=1S/C7H9ClO3/c1-11-7(10)5-3-2-4(5)6(8)9/h4-5H,2-3H2,1H3. The molecule has 1 aliphatic rings. The van der Waals surface area contributed by atoms with E-state index < -0.39 is 5.24 Å². The van der Waals surface area contributed by atoms with Gasteiger partial charge in [0, 0.05) is 5.92 Å². The van der Waals surface area contributed by atoms with Gasteiger partial charge in [-0.15, -0.1) is 0 Å². The van der Waals surface area contributed by atoms with Gasteiger partial charge in [-0.2, -0.15) is 0 Å². The number of hydrogen-bond donors (Lipinski definition) is 0. The van der Waals surface area contributed by atoms with Crippen LogP contribution >= 0.6 is 11.6 Å². The number of carbonyl (C=O) groups is 2. The fraction of sp³-hybridized carbons (Fsp3) is 0.714. The molecule has 0 spiro atoms. The zero-order chi connectivity index (χ0) is 8.43. The van der Waals surface area contributed by atoms with Gasteiger partial charge in [0.2, 0.25) is 5.24 Å². The van der Waals surface area contributed by atoms with Crippen molar-refractivity contribution >= 4 is 22.8 Å². The summed E-state index contributed by atoms with van der Waals surface area (Å²) in [6, 6.07) is 0. The fourth-order valence-corrected chi connectivity index (χ4v) is 1.47. The quantitative estimate of drug-likeness (QED) is 0.465. The molecule has 0 radical (unpaired) electrons. The minimum Gasteiger partial charge on any atom is -0.469 e. The molecule has 0 aromatic carbocycles. The van der Waals surface area contributed by atoms with Crippen LogP contribution in [0.1, 0.15) is 12.8 Å². The summed E-state index contributed by atoms with van der Waals surface area (Å²) in [5.74, 6) is -0.913. The molecule has 0 bridgehead atoms. The van der Waals surface area contributed by atoms with Gasteiger partial charge in [-0.1, -0.05) is 0 Å². The van der Waals surface area contributed by atoms with Crippen molar-refractivity contribution in [3.63, 3.8) is 0 Å². The monoisotopic (exact) mass is 176 g/mol. The topological polar surface area (TPSA) is 43.4 Å². The Hall–Kier alpha value is -0.570. The number of methoxy groups -OCH3 is 1. The lowest BCUT2D eigenvalue weighted by molar-refractivity contribution is -0.153. The zero-order valence-corrected chi connectivity index (χ0v) is 6.93. The van der Waals surface area contributed by atoms with Crippen LogP contribution in [-0.4, -0.2) is 18.3 Å². The van der Waals surface area contributed by atoms with Crippen LogP contribution in [0.2, 0.25) is 0 Å². The minimum atomic E-state index is -0.424. The van der Waals surface area contributed by atoms with Gasteiger partial charge in [-0.25, -0.2) is 0 Å². The van der Waals surface area contributed by atoms with E-state index >= 15 is 0 Å². The van der Waals surface area contributed by atoms with Crippen molar-refractivity contribution in [2.45, 2.75) is 12.8 Å². The molecule has 0 heterocycles. The fourth-order valence-electron chi connectivity index (χ4n) is 1.21. The molecular formula is C7H9ClO3. The van der Waals surface area contributed by atoms with Gasteiger partial charge >= 0.3 is 5.97 Å². The number of ether oxygens (including phenoxy) is 1. The maximum Gasteiger partial charge on any atom is 0.309 e. The first-order chi connectivity index (χ1) is 5.16. The maximum absolute atomic E-state index is 10.9. The Bertz CT molecular complexity index is 190. The van der Waals surface area contributed by atoms with Crippen LogP contribution in [0.4, 0.5) is 0 Å². The van der Waals surface area contributed by atoms with E-state index in [0.29, 0.717) is 6.42 Å². The van der Waals surface area contributed by atoms with Gasteiger partial charge in [0.05, 0.1) is 13.0 Å². The van der Waals surface area contributed by atoms with Crippen LogP contribution < -0.4 is 0 Å². The summed E-state index contributed by atoms with van der Waals surface area (Å²) in [7, 11) is 1.32.